The summed E-state index contributed by atoms with van der Waals surface area (Å²) in [5.41, 5.74) is 2.23. The van der Waals surface area contributed by atoms with Crippen molar-refractivity contribution in [1.82, 2.24) is 16.0 Å². The summed E-state index contributed by atoms with van der Waals surface area (Å²) in [6.07, 6.45) is 4.00. The van der Waals surface area contributed by atoms with E-state index >= 15 is 0 Å². The van der Waals surface area contributed by atoms with E-state index in [-0.39, 0.29) is 17.9 Å². The first-order valence-corrected chi connectivity index (χ1v) is 12.0. The van der Waals surface area contributed by atoms with Crippen LogP contribution >= 0.6 is 23.2 Å². The Morgan fingerprint density at radius 3 is 2.53 bits per heavy atom. The number of halogens is 2. The van der Waals surface area contributed by atoms with Crippen molar-refractivity contribution >= 4 is 35.0 Å². The summed E-state index contributed by atoms with van der Waals surface area (Å²) in [5, 5.41) is 10.5. The van der Waals surface area contributed by atoms with E-state index in [1.807, 2.05) is 37.3 Å². The Labute approximate surface area is 199 Å². The maximum Gasteiger partial charge on any atom is 0.242 e. The molecular formula is C25H29Cl2N3O2. The Balaban J connectivity index is 1.50. The first-order chi connectivity index (χ1) is 15.4. The molecule has 1 aliphatic carbocycles. The van der Waals surface area contributed by atoms with Crippen molar-refractivity contribution in [3.63, 3.8) is 0 Å². The molecule has 0 spiro atoms. The summed E-state index contributed by atoms with van der Waals surface area (Å²) in [4.78, 5) is 26.5. The number of hydrogen-bond acceptors (Lipinski definition) is 3. The minimum atomic E-state index is -0.694. The van der Waals surface area contributed by atoms with Crippen molar-refractivity contribution in [2.24, 2.45) is 0 Å². The third-order valence-corrected chi connectivity index (χ3v) is 7.05. The number of rotatable bonds is 8. The van der Waals surface area contributed by atoms with E-state index in [4.69, 9.17) is 23.2 Å². The van der Waals surface area contributed by atoms with Gasteiger partial charge in [0.2, 0.25) is 11.8 Å². The van der Waals surface area contributed by atoms with Crippen LogP contribution in [0.15, 0.2) is 42.5 Å². The average Bonchev–Trinajstić information content (AvgIpc) is 3.40. The summed E-state index contributed by atoms with van der Waals surface area (Å²) in [7, 11) is 0. The summed E-state index contributed by atoms with van der Waals surface area (Å²) >= 11 is 12.5. The van der Waals surface area contributed by atoms with Gasteiger partial charge in [0.25, 0.3) is 0 Å². The van der Waals surface area contributed by atoms with Crippen LogP contribution in [0.4, 0.5) is 0 Å². The van der Waals surface area contributed by atoms with Crippen molar-refractivity contribution in [2.75, 3.05) is 13.1 Å². The van der Waals surface area contributed by atoms with Gasteiger partial charge >= 0.3 is 0 Å². The van der Waals surface area contributed by atoms with Gasteiger partial charge in [-0.25, -0.2) is 0 Å². The lowest BCUT2D eigenvalue weighted by molar-refractivity contribution is -0.130. The predicted molar refractivity (Wildman–Crippen MR) is 128 cm³/mol. The van der Waals surface area contributed by atoms with E-state index in [1.54, 1.807) is 12.1 Å². The monoisotopic (exact) mass is 473 g/mol. The molecule has 1 aliphatic heterocycles. The lowest BCUT2D eigenvalue weighted by atomic mass is 9.93. The van der Waals surface area contributed by atoms with Gasteiger partial charge in [-0.3, -0.25) is 9.59 Å². The number of nitrogens with one attached hydrogen (secondary N) is 3. The van der Waals surface area contributed by atoms with Gasteiger partial charge in [-0.2, -0.15) is 0 Å². The minimum Gasteiger partial charge on any atom is -0.353 e. The van der Waals surface area contributed by atoms with E-state index in [1.165, 1.54) is 0 Å². The van der Waals surface area contributed by atoms with Crippen molar-refractivity contribution in [2.45, 2.75) is 56.5 Å². The zero-order chi connectivity index (χ0) is 22.7. The van der Waals surface area contributed by atoms with Crippen LogP contribution in [0.3, 0.4) is 0 Å². The average molecular weight is 474 g/mol. The molecule has 0 bridgehead atoms. The van der Waals surface area contributed by atoms with Gasteiger partial charge < -0.3 is 16.0 Å². The third-order valence-electron chi connectivity index (χ3n) is 6.50. The van der Waals surface area contributed by atoms with E-state index in [0.717, 1.165) is 36.1 Å². The molecule has 2 fully saturated rings. The van der Waals surface area contributed by atoms with E-state index in [0.29, 0.717) is 35.9 Å². The molecule has 7 heteroatoms. The van der Waals surface area contributed by atoms with Gasteiger partial charge in [-0.1, -0.05) is 59.1 Å². The Bertz CT molecular complexity index is 983. The molecule has 0 aromatic heterocycles. The molecule has 5 nitrogen and oxygen atoms in total. The van der Waals surface area contributed by atoms with Crippen LogP contribution in [0.1, 0.15) is 42.4 Å². The van der Waals surface area contributed by atoms with E-state index < -0.39 is 11.5 Å². The molecule has 2 aliphatic rings. The molecule has 2 atom stereocenters. The van der Waals surface area contributed by atoms with Crippen LogP contribution in [0, 0.1) is 6.92 Å². The number of carbonyl (C=O) groups excluding carboxylic acids is 2. The van der Waals surface area contributed by atoms with Crippen molar-refractivity contribution in [3.05, 3.63) is 69.2 Å². The van der Waals surface area contributed by atoms with E-state index in [9.17, 15) is 9.59 Å². The normalized spacial score (nSPS) is 19.9. The standard InChI is InChI=1S/C25H29Cl2N3O2/c1-16-4-6-17(7-5-16)13-22(23(31)29-15-19-3-2-12-28-19)30-24(32)25(10-11-25)20-9-8-18(26)14-21(20)27/h4-9,14,19,22,28H,2-3,10-13,15H2,1H3,(H,29,31)(H,30,32)/t19?,22-/m0/s1. The molecule has 1 unspecified atom stereocenters. The smallest absolute Gasteiger partial charge is 0.242 e. The van der Waals surface area contributed by atoms with Gasteiger partial charge in [0.05, 0.1) is 5.41 Å². The molecule has 2 aromatic rings. The van der Waals surface area contributed by atoms with Crippen LogP contribution in [0.5, 0.6) is 0 Å². The predicted octanol–water partition coefficient (Wildman–Crippen LogP) is 3.93. The highest BCUT2D eigenvalue weighted by atomic mass is 35.5. The molecule has 32 heavy (non-hydrogen) atoms. The first-order valence-electron chi connectivity index (χ1n) is 11.2. The molecular weight excluding hydrogens is 445 g/mol. The third kappa shape index (κ3) is 5.28. The number of carbonyl (C=O) groups is 2. The largest absolute Gasteiger partial charge is 0.353 e. The Morgan fingerprint density at radius 1 is 1.16 bits per heavy atom. The molecule has 1 saturated heterocycles. The quantitative estimate of drug-likeness (QED) is 0.543. The number of aryl methyl sites for hydroxylation is 1. The number of hydrogen-bond donors (Lipinski definition) is 3. The summed E-state index contributed by atoms with van der Waals surface area (Å²) in [5.74, 6) is -0.321. The van der Waals surface area contributed by atoms with Crippen LogP contribution < -0.4 is 16.0 Å². The van der Waals surface area contributed by atoms with Crippen molar-refractivity contribution in [1.29, 1.82) is 0 Å². The summed E-state index contributed by atoms with van der Waals surface area (Å²) in [6, 6.07) is 12.9. The zero-order valence-corrected chi connectivity index (χ0v) is 19.7. The summed E-state index contributed by atoms with van der Waals surface area (Å²) < 4.78 is 0. The molecule has 0 radical (unpaired) electrons. The van der Waals surface area contributed by atoms with Crippen molar-refractivity contribution in [3.8, 4) is 0 Å². The van der Waals surface area contributed by atoms with Crippen LogP contribution in [0.2, 0.25) is 10.0 Å². The maximum absolute atomic E-state index is 13.4. The second kappa shape index (κ2) is 9.82. The lowest BCUT2D eigenvalue weighted by Gasteiger charge is -2.24. The molecule has 170 valence electrons. The SMILES string of the molecule is Cc1ccc(C[C@H](NC(=O)C2(c3ccc(Cl)cc3Cl)CC2)C(=O)NCC2CCCN2)cc1. The minimum absolute atomic E-state index is 0.159. The molecule has 4 rings (SSSR count). The van der Waals surface area contributed by atoms with Gasteiger partial charge in [-0.05, 0) is 62.4 Å². The van der Waals surface area contributed by atoms with Gasteiger partial charge in [0.15, 0.2) is 0 Å². The number of benzene rings is 2. The molecule has 1 heterocycles. The zero-order valence-electron chi connectivity index (χ0n) is 18.2. The highest BCUT2D eigenvalue weighted by Crippen LogP contribution is 2.51. The second-order valence-corrected chi connectivity index (χ2v) is 9.80. The molecule has 1 saturated carbocycles. The van der Waals surface area contributed by atoms with E-state index in [2.05, 4.69) is 16.0 Å². The molecule has 2 amide bonds. The van der Waals surface area contributed by atoms with Gasteiger partial charge in [-0.15, -0.1) is 0 Å². The van der Waals surface area contributed by atoms with Crippen LogP contribution in [-0.4, -0.2) is 37.0 Å². The Kier molecular flexibility index (Phi) is 7.08. The topological polar surface area (TPSA) is 70.2 Å². The van der Waals surface area contributed by atoms with Crippen LogP contribution in [0.25, 0.3) is 0 Å². The summed E-state index contributed by atoms with van der Waals surface area (Å²) in [6.45, 7) is 3.57. The highest BCUT2D eigenvalue weighted by molar-refractivity contribution is 6.35. The lowest BCUT2D eigenvalue weighted by Crippen LogP contribution is -2.52. The fourth-order valence-corrected chi connectivity index (χ4v) is 4.95. The fourth-order valence-electron chi connectivity index (χ4n) is 4.36. The first kappa shape index (κ1) is 23.1. The van der Waals surface area contributed by atoms with Gasteiger partial charge in [0, 0.05) is 29.1 Å². The Hall–Kier alpha value is -2.08. The molecule has 2 aromatic carbocycles. The van der Waals surface area contributed by atoms with Crippen molar-refractivity contribution < 1.29 is 9.59 Å². The fraction of sp³-hybridized carbons (Fsp3) is 0.440. The second-order valence-electron chi connectivity index (χ2n) is 8.96. The maximum atomic E-state index is 13.4. The number of amides is 2. The van der Waals surface area contributed by atoms with Crippen LogP contribution in [-0.2, 0) is 21.4 Å². The molecule has 3 N–H and O–H groups in total. The van der Waals surface area contributed by atoms with Gasteiger partial charge in [0.1, 0.15) is 6.04 Å². The highest BCUT2D eigenvalue weighted by Gasteiger charge is 2.53. The Morgan fingerprint density at radius 2 is 1.91 bits per heavy atom.